The van der Waals surface area contributed by atoms with Gasteiger partial charge in [0.1, 0.15) is 13.1 Å². The summed E-state index contributed by atoms with van der Waals surface area (Å²) < 4.78 is 2.33. The maximum atomic E-state index is 13.9. The molecule has 5 rings (SSSR count). The summed E-state index contributed by atoms with van der Waals surface area (Å²) in [6.07, 6.45) is 0.739. The third-order valence-corrected chi connectivity index (χ3v) is 7.94. The van der Waals surface area contributed by atoms with Gasteiger partial charge in [-0.1, -0.05) is 134 Å². The molecule has 4 aromatic rings. The molecule has 1 aliphatic rings. The van der Waals surface area contributed by atoms with Crippen molar-refractivity contribution in [3.05, 3.63) is 143 Å². The molecule has 204 valence electrons. The van der Waals surface area contributed by atoms with Crippen molar-refractivity contribution in [1.82, 2.24) is 4.90 Å². The van der Waals surface area contributed by atoms with E-state index < -0.39 is 17.6 Å². The Morgan fingerprint density at radius 2 is 1.32 bits per heavy atom. The van der Waals surface area contributed by atoms with Crippen molar-refractivity contribution in [2.75, 3.05) is 0 Å². The molecular weight excluding hydrogens is 492 g/mol. The van der Waals surface area contributed by atoms with Gasteiger partial charge in [0.25, 0.3) is 0 Å². The van der Waals surface area contributed by atoms with Gasteiger partial charge >= 0.3 is 0 Å². The first kappa shape index (κ1) is 27.4. The van der Waals surface area contributed by atoms with E-state index >= 15 is 0 Å². The third-order valence-electron chi connectivity index (χ3n) is 7.94. The van der Waals surface area contributed by atoms with Crippen LogP contribution in [0.25, 0.3) is 0 Å². The zero-order valence-electron chi connectivity index (χ0n) is 23.9. The summed E-state index contributed by atoms with van der Waals surface area (Å²) in [6.45, 7) is 9.53. The Morgan fingerprint density at radius 3 is 1.85 bits per heavy atom. The summed E-state index contributed by atoms with van der Waals surface area (Å²) in [4.78, 5) is 16.0. The lowest BCUT2D eigenvalue weighted by molar-refractivity contribution is -0.588. The van der Waals surface area contributed by atoms with Crippen LogP contribution in [-0.4, -0.2) is 21.3 Å². The van der Waals surface area contributed by atoms with E-state index in [1.54, 1.807) is 0 Å². The molecule has 0 radical (unpaired) electrons. The van der Waals surface area contributed by atoms with Crippen LogP contribution >= 0.6 is 0 Å². The monoisotopic (exact) mass is 530 g/mol. The molecule has 0 unspecified atom stereocenters. The Kier molecular flexibility index (Phi) is 7.88. The van der Waals surface area contributed by atoms with Crippen LogP contribution < -0.4 is 5.11 Å². The molecule has 0 aromatic heterocycles. The highest BCUT2D eigenvalue weighted by Crippen LogP contribution is 2.49. The minimum atomic E-state index is -1.45. The lowest BCUT2D eigenvalue weighted by Crippen LogP contribution is -2.59. The van der Waals surface area contributed by atoms with Crippen molar-refractivity contribution in [2.24, 2.45) is 5.92 Å². The van der Waals surface area contributed by atoms with Gasteiger partial charge in [0, 0.05) is 11.1 Å². The fourth-order valence-corrected chi connectivity index (χ4v) is 6.05. The van der Waals surface area contributed by atoms with E-state index in [9.17, 15) is 9.90 Å². The lowest BCUT2D eigenvalue weighted by atomic mass is 9.77. The number of carbonyl (C=O) groups excluding carboxylic acids is 1. The van der Waals surface area contributed by atoms with Crippen LogP contribution in [0.1, 0.15) is 59.7 Å². The predicted molar refractivity (Wildman–Crippen MR) is 159 cm³/mol. The summed E-state index contributed by atoms with van der Waals surface area (Å²) in [7, 11) is 0. The zero-order valence-corrected chi connectivity index (χ0v) is 23.9. The second-order valence-corrected chi connectivity index (χ2v) is 11.4. The van der Waals surface area contributed by atoms with Gasteiger partial charge in [0.15, 0.2) is 6.04 Å². The fraction of sp³-hybridized carbons (Fsp3) is 0.278. The minimum absolute atomic E-state index is 0.320. The average Bonchev–Trinajstić information content (AvgIpc) is 3.20. The van der Waals surface area contributed by atoms with Crippen LogP contribution in [-0.2, 0) is 23.4 Å². The maximum Gasteiger partial charge on any atom is 0.249 e. The molecule has 40 heavy (non-hydrogen) atoms. The highest BCUT2D eigenvalue weighted by Gasteiger charge is 2.62. The average molecular weight is 531 g/mol. The molecule has 0 saturated heterocycles. The van der Waals surface area contributed by atoms with Crippen LogP contribution in [0.5, 0.6) is 0 Å². The molecule has 0 amide bonds. The van der Waals surface area contributed by atoms with E-state index in [0.29, 0.717) is 19.0 Å². The van der Waals surface area contributed by atoms with Gasteiger partial charge in [-0.3, -0.25) is 0 Å². The number of benzene rings is 4. The van der Waals surface area contributed by atoms with Gasteiger partial charge in [-0.05, 0) is 30.9 Å². The summed E-state index contributed by atoms with van der Waals surface area (Å²) >= 11 is 0. The SMILES string of the molecule is Cc1ccc([C@H]2[N+](Cc3ccccc3)=C(CC(C)C)N(Cc3ccccc3)[C@]2(C(=O)[O-])c2ccc(C)cc2)cc1. The molecule has 0 spiro atoms. The van der Waals surface area contributed by atoms with Crippen molar-refractivity contribution in [3.63, 3.8) is 0 Å². The van der Waals surface area contributed by atoms with E-state index in [1.807, 2.05) is 67.6 Å². The smallest absolute Gasteiger partial charge is 0.249 e. The molecule has 4 nitrogen and oxygen atoms in total. The van der Waals surface area contributed by atoms with Gasteiger partial charge in [-0.2, -0.15) is 0 Å². The number of carboxylic acids is 1. The minimum Gasteiger partial charge on any atom is -0.545 e. The molecule has 0 fully saturated rings. The number of amidine groups is 1. The first-order valence-corrected chi connectivity index (χ1v) is 14.1. The molecule has 4 aromatic carbocycles. The van der Waals surface area contributed by atoms with Gasteiger partial charge in [-0.15, -0.1) is 0 Å². The molecule has 0 N–H and O–H groups in total. The highest BCUT2D eigenvalue weighted by molar-refractivity contribution is 5.91. The number of nitrogens with zero attached hydrogens (tertiary/aromatic N) is 2. The molecule has 0 bridgehead atoms. The van der Waals surface area contributed by atoms with E-state index in [-0.39, 0.29) is 0 Å². The molecule has 1 heterocycles. The highest BCUT2D eigenvalue weighted by atomic mass is 16.4. The molecule has 2 atom stereocenters. The number of carboxylic acid groups (broad SMARTS) is 1. The van der Waals surface area contributed by atoms with Crippen molar-refractivity contribution >= 4 is 11.8 Å². The van der Waals surface area contributed by atoms with Crippen LogP contribution in [0.3, 0.4) is 0 Å². The van der Waals surface area contributed by atoms with E-state index in [2.05, 4.69) is 78.8 Å². The third kappa shape index (κ3) is 5.19. The normalized spacial score (nSPS) is 18.9. The van der Waals surface area contributed by atoms with E-state index in [1.165, 1.54) is 0 Å². The number of hydrogen-bond acceptors (Lipinski definition) is 3. The van der Waals surface area contributed by atoms with Gasteiger partial charge < -0.3 is 9.90 Å². The topological polar surface area (TPSA) is 46.4 Å². The maximum absolute atomic E-state index is 13.9. The molecule has 1 aliphatic heterocycles. The summed E-state index contributed by atoms with van der Waals surface area (Å²) in [5.74, 6) is 0.258. The Morgan fingerprint density at radius 1 is 0.800 bits per heavy atom. The second kappa shape index (κ2) is 11.5. The fourth-order valence-electron chi connectivity index (χ4n) is 6.05. The molecule has 0 aliphatic carbocycles. The number of rotatable bonds is 9. The van der Waals surface area contributed by atoms with Crippen LogP contribution in [0.2, 0.25) is 0 Å². The first-order valence-electron chi connectivity index (χ1n) is 14.1. The second-order valence-electron chi connectivity index (χ2n) is 11.4. The van der Waals surface area contributed by atoms with Crippen molar-refractivity contribution in [3.8, 4) is 0 Å². The predicted octanol–water partition coefficient (Wildman–Crippen LogP) is 6.16. The van der Waals surface area contributed by atoms with Crippen LogP contribution in [0.15, 0.2) is 109 Å². The quantitative estimate of drug-likeness (QED) is 0.243. The Balaban J connectivity index is 1.84. The molecule has 4 heteroatoms. The standard InChI is InChI=1S/C36H38N2O2/c1-26(2)23-33-37(24-29-11-7-5-8-12-29)34(31-19-15-27(3)16-20-31)36(35(39)40,32-21-17-28(4)18-22-32)38(33)25-30-13-9-6-10-14-30/h5-22,26,34H,23-25H2,1-4H3/t34-,36-/m1/s1. The number of carbonyl (C=O) groups is 1. The van der Waals surface area contributed by atoms with E-state index in [0.717, 1.165) is 45.6 Å². The van der Waals surface area contributed by atoms with E-state index in [4.69, 9.17) is 0 Å². The lowest BCUT2D eigenvalue weighted by Gasteiger charge is -2.39. The molecular formula is C36H38N2O2. The Bertz CT molecular complexity index is 1480. The van der Waals surface area contributed by atoms with Gasteiger partial charge in [-0.25, -0.2) is 9.48 Å². The largest absolute Gasteiger partial charge is 0.545 e. The zero-order chi connectivity index (χ0) is 28.3. The number of hydrogen-bond donors (Lipinski definition) is 0. The molecule has 0 saturated carbocycles. The summed E-state index contributed by atoms with van der Waals surface area (Å²) in [6, 6.07) is 36.3. The summed E-state index contributed by atoms with van der Waals surface area (Å²) in [5.41, 5.74) is 4.67. The Hall–Kier alpha value is -4.18. The van der Waals surface area contributed by atoms with Crippen LogP contribution in [0, 0.1) is 19.8 Å². The van der Waals surface area contributed by atoms with Crippen molar-refractivity contribution in [2.45, 2.75) is 58.8 Å². The first-order chi connectivity index (χ1) is 19.3. The summed E-state index contributed by atoms with van der Waals surface area (Å²) in [5, 5.41) is 13.9. The number of aliphatic carboxylic acids is 1. The number of aryl methyl sites for hydroxylation is 2. The van der Waals surface area contributed by atoms with Gasteiger partial charge in [0.05, 0.1) is 12.4 Å². The Labute approximate surface area is 238 Å². The van der Waals surface area contributed by atoms with Crippen molar-refractivity contribution < 1.29 is 14.5 Å². The van der Waals surface area contributed by atoms with Gasteiger partial charge in [0.2, 0.25) is 11.4 Å². The van der Waals surface area contributed by atoms with Crippen molar-refractivity contribution in [1.29, 1.82) is 0 Å². The van der Waals surface area contributed by atoms with Crippen LogP contribution in [0.4, 0.5) is 0 Å².